The Balaban J connectivity index is 1.94. The van der Waals surface area contributed by atoms with Gasteiger partial charge in [-0.1, -0.05) is 0 Å². The van der Waals surface area contributed by atoms with Crippen molar-refractivity contribution in [2.45, 2.75) is 6.92 Å². The fourth-order valence-corrected chi connectivity index (χ4v) is 2.43. The minimum Gasteiger partial charge on any atom is -0.319 e. The van der Waals surface area contributed by atoms with E-state index in [1.54, 1.807) is 21.8 Å². The molecule has 0 bridgehead atoms. The third kappa shape index (κ3) is 2.08. The van der Waals surface area contributed by atoms with E-state index in [-0.39, 0.29) is 5.91 Å². The van der Waals surface area contributed by atoms with Crippen molar-refractivity contribution in [1.82, 2.24) is 19.7 Å². The lowest BCUT2D eigenvalue weighted by Crippen LogP contribution is -2.12. The van der Waals surface area contributed by atoms with Crippen molar-refractivity contribution in [3.05, 3.63) is 34.5 Å². The van der Waals surface area contributed by atoms with E-state index in [0.29, 0.717) is 11.4 Å². The maximum absolute atomic E-state index is 11.9. The summed E-state index contributed by atoms with van der Waals surface area (Å²) in [5, 5.41) is 9.70. The molecule has 0 aliphatic rings. The van der Waals surface area contributed by atoms with Crippen molar-refractivity contribution < 1.29 is 4.79 Å². The first-order valence-corrected chi connectivity index (χ1v) is 6.58. The fraction of sp³-hybridized carbons (Fsp3) is 0.167. The summed E-state index contributed by atoms with van der Waals surface area (Å²) in [5.41, 5.74) is 4.36. The zero-order chi connectivity index (χ0) is 13.4. The summed E-state index contributed by atoms with van der Waals surface area (Å²) in [6.45, 7) is 1.91. The largest absolute Gasteiger partial charge is 0.319 e. The van der Waals surface area contributed by atoms with E-state index in [0.717, 1.165) is 16.7 Å². The molecule has 3 heterocycles. The second-order valence-electron chi connectivity index (χ2n) is 4.13. The second-order valence-corrected chi connectivity index (χ2v) is 4.85. The molecule has 1 N–H and O–H groups in total. The Hall–Kier alpha value is -2.28. The SMILES string of the molecule is Cc1nn(C)c2ncc(NC(=O)c3cscn3)cc12. The van der Waals surface area contributed by atoms with Crippen LogP contribution in [0.15, 0.2) is 23.2 Å². The standard InChI is InChI=1S/C12H11N5OS/c1-7-9-3-8(4-13-11(9)17(2)16-7)15-12(18)10-5-19-6-14-10/h3-6H,1-2H3,(H,15,18). The van der Waals surface area contributed by atoms with Gasteiger partial charge in [-0.2, -0.15) is 5.10 Å². The highest BCUT2D eigenvalue weighted by atomic mass is 32.1. The molecule has 0 aromatic carbocycles. The van der Waals surface area contributed by atoms with Gasteiger partial charge >= 0.3 is 0 Å². The van der Waals surface area contributed by atoms with Gasteiger partial charge in [0.15, 0.2) is 5.65 Å². The summed E-state index contributed by atoms with van der Waals surface area (Å²) >= 11 is 1.39. The number of hydrogen-bond donors (Lipinski definition) is 1. The molecule has 1 amide bonds. The van der Waals surface area contributed by atoms with E-state index in [1.165, 1.54) is 11.3 Å². The van der Waals surface area contributed by atoms with Crippen LogP contribution in [0.25, 0.3) is 11.0 Å². The number of aryl methyl sites for hydroxylation is 2. The van der Waals surface area contributed by atoms with Crippen LogP contribution < -0.4 is 5.32 Å². The van der Waals surface area contributed by atoms with Gasteiger partial charge in [0.25, 0.3) is 5.91 Å². The molecule has 0 aliphatic carbocycles. The maximum atomic E-state index is 11.9. The first-order chi connectivity index (χ1) is 9.15. The number of nitrogens with zero attached hydrogens (tertiary/aromatic N) is 4. The molecule has 7 heteroatoms. The van der Waals surface area contributed by atoms with Gasteiger partial charge in [-0.05, 0) is 13.0 Å². The lowest BCUT2D eigenvalue weighted by molar-refractivity contribution is 0.102. The third-order valence-corrected chi connectivity index (χ3v) is 3.37. The molecule has 0 aliphatic heterocycles. The minimum atomic E-state index is -0.232. The van der Waals surface area contributed by atoms with Crippen molar-refractivity contribution >= 4 is 34.0 Å². The first kappa shape index (κ1) is 11.8. The predicted molar refractivity (Wildman–Crippen MR) is 73.3 cm³/mol. The third-order valence-electron chi connectivity index (χ3n) is 2.79. The molecule has 6 nitrogen and oxygen atoms in total. The highest BCUT2D eigenvalue weighted by molar-refractivity contribution is 7.07. The molecule has 3 aromatic heterocycles. The lowest BCUT2D eigenvalue weighted by Gasteiger charge is -2.03. The Bertz CT molecular complexity index is 747. The zero-order valence-electron chi connectivity index (χ0n) is 10.4. The van der Waals surface area contributed by atoms with E-state index in [4.69, 9.17) is 0 Å². The van der Waals surface area contributed by atoms with Crippen molar-refractivity contribution in [1.29, 1.82) is 0 Å². The van der Waals surface area contributed by atoms with Crippen LogP contribution in [0.5, 0.6) is 0 Å². The van der Waals surface area contributed by atoms with Gasteiger partial charge in [-0.15, -0.1) is 11.3 Å². The number of hydrogen-bond acceptors (Lipinski definition) is 5. The van der Waals surface area contributed by atoms with E-state index < -0.39 is 0 Å². The highest BCUT2D eigenvalue weighted by Crippen LogP contribution is 2.19. The Morgan fingerprint density at radius 2 is 2.26 bits per heavy atom. The van der Waals surface area contributed by atoms with Crippen LogP contribution in [0.3, 0.4) is 0 Å². The highest BCUT2D eigenvalue weighted by Gasteiger charge is 2.11. The molecule has 3 aromatic rings. The van der Waals surface area contributed by atoms with E-state index in [2.05, 4.69) is 20.4 Å². The summed E-state index contributed by atoms with van der Waals surface area (Å²) in [4.78, 5) is 20.2. The number of fused-ring (bicyclic) bond motifs is 1. The molecule has 0 saturated carbocycles. The zero-order valence-corrected chi connectivity index (χ0v) is 11.2. The van der Waals surface area contributed by atoms with Gasteiger partial charge in [-0.3, -0.25) is 9.48 Å². The van der Waals surface area contributed by atoms with E-state index in [1.807, 2.05) is 20.0 Å². The van der Waals surface area contributed by atoms with Gasteiger partial charge in [0.2, 0.25) is 0 Å². The molecule has 0 saturated heterocycles. The summed E-state index contributed by atoms with van der Waals surface area (Å²) < 4.78 is 1.72. The normalized spacial score (nSPS) is 10.8. The van der Waals surface area contributed by atoms with E-state index >= 15 is 0 Å². The minimum absolute atomic E-state index is 0.232. The second kappa shape index (κ2) is 4.43. The molecule has 96 valence electrons. The molecule has 0 unspecified atom stereocenters. The Kier molecular flexibility index (Phi) is 2.75. The number of rotatable bonds is 2. The number of carbonyl (C=O) groups is 1. The van der Waals surface area contributed by atoms with Crippen LogP contribution in [0.4, 0.5) is 5.69 Å². The molecule has 0 atom stereocenters. The predicted octanol–water partition coefficient (Wildman–Crippen LogP) is 1.99. The van der Waals surface area contributed by atoms with Gasteiger partial charge in [0, 0.05) is 17.8 Å². The van der Waals surface area contributed by atoms with Gasteiger partial charge in [0.1, 0.15) is 5.69 Å². The number of carbonyl (C=O) groups excluding carboxylic acids is 1. The van der Waals surface area contributed by atoms with Crippen molar-refractivity contribution in [3.63, 3.8) is 0 Å². The number of aromatic nitrogens is 4. The average molecular weight is 273 g/mol. The van der Waals surface area contributed by atoms with Crippen molar-refractivity contribution in [2.75, 3.05) is 5.32 Å². The van der Waals surface area contributed by atoms with E-state index in [9.17, 15) is 4.79 Å². The van der Waals surface area contributed by atoms with Crippen LogP contribution in [0, 0.1) is 6.92 Å². The van der Waals surface area contributed by atoms with Crippen molar-refractivity contribution in [2.24, 2.45) is 7.05 Å². The Morgan fingerprint density at radius 3 is 3.00 bits per heavy atom. The maximum Gasteiger partial charge on any atom is 0.275 e. The summed E-state index contributed by atoms with van der Waals surface area (Å²) in [7, 11) is 1.84. The number of pyridine rings is 1. The van der Waals surface area contributed by atoms with Crippen LogP contribution >= 0.6 is 11.3 Å². The molecule has 3 rings (SSSR count). The van der Waals surface area contributed by atoms with Crippen LogP contribution in [-0.2, 0) is 7.05 Å². The van der Waals surface area contributed by atoms with Crippen LogP contribution in [-0.4, -0.2) is 25.7 Å². The van der Waals surface area contributed by atoms with Crippen LogP contribution in [0.1, 0.15) is 16.2 Å². The van der Waals surface area contributed by atoms with Gasteiger partial charge < -0.3 is 5.32 Å². The molecule has 19 heavy (non-hydrogen) atoms. The molecule has 0 fully saturated rings. The number of anilines is 1. The summed E-state index contributed by atoms with van der Waals surface area (Å²) in [6.07, 6.45) is 1.62. The smallest absolute Gasteiger partial charge is 0.275 e. The van der Waals surface area contributed by atoms with Crippen LogP contribution in [0.2, 0.25) is 0 Å². The lowest BCUT2D eigenvalue weighted by atomic mass is 10.2. The molecule has 0 spiro atoms. The molecular formula is C12H11N5OS. The van der Waals surface area contributed by atoms with Gasteiger partial charge in [-0.25, -0.2) is 9.97 Å². The number of thiazole rings is 1. The number of nitrogens with one attached hydrogen (secondary N) is 1. The molecule has 0 radical (unpaired) electrons. The number of amides is 1. The van der Waals surface area contributed by atoms with Crippen molar-refractivity contribution in [3.8, 4) is 0 Å². The fourth-order valence-electron chi connectivity index (χ4n) is 1.90. The monoisotopic (exact) mass is 273 g/mol. The quantitative estimate of drug-likeness (QED) is 0.775. The van der Waals surface area contributed by atoms with Gasteiger partial charge in [0.05, 0.1) is 23.1 Å². The average Bonchev–Trinajstić information content (AvgIpc) is 2.99. The summed E-state index contributed by atoms with van der Waals surface area (Å²) in [5.74, 6) is -0.232. The topological polar surface area (TPSA) is 72.7 Å². The Morgan fingerprint density at radius 1 is 1.42 bits per heavy atom. The Labute approximate surface area is 113 Å². The molecular weight excluding hydrogens is 262 g/mol. The summed E-state index contributed by atoms with van der Waals surface area (Å²) in [6, 6.07) is 1.87. The first-order valence-electron chi connectivity index (χ1n) is 5.64.